The summed E-state index contributed by atoms with van der Waals surface area (Å²) in [5, 5.41) is 30.2. The molecular weight excluding hydrogens is 673 g/mol. The highest BCUT2D eigenvalue weighted by Crippen LogP contribution is 2.34. The van der Waals surface area contributed by atoms with Crippen molar-refractivity contribution >= 4 is 66.9 Å². The minimum absolute atomic E-state index is 0.0261. The smallest absolute Gasteiger partial charge is 0.356 e. The second-order valence-electron chi connectivity index (χ2n) is 11.7. The first-order valence-corrected chi connectivity index (χ1v) is 17.3. The quantitative estimate of drug-likeness (QED) is 0.118. The van der Waals surface area contributed by atoms with E-state index in [2.05, 4.69) is 31.6 Å². The van der Waals surface area contributed by atoms with Crippen LogP contribution in [0.25, 0.3) is 27.6 Å². The average molecular weight is 703 g/mol. The third-order valence-corrected chi connectivity index (χ3v) is 10.3. The fourth-order valence-electron chi connectivity index (χ4n) is 5.72. The number of anilines is 3. The summed E-state index contributed by atoms with van der Waals surface area (Å²) < 4.78 is 7.01. The van der Waals surface area contributed by atoms with Crippen molar-refractivity contribution in [1.29, 1.82) is 5.26 Å². The van der Waals surface area contributed by atoms with Crippen molar-refractivity contribution in [3.05, 3.63) is 106 Å². The molecular formula is C36H30N8O4S2. The van der Waals surface area contributed by atoms with E-state index in [9.17, 15) is 20.0 Å². The minimum atomic E-state index is -1.11. The number of thiazole rings is 2. The number of aromatic nitrogens is 4. The van der Waals surface area contributed by atoms with Crippen molar-refractivity contribution < 1.29 is 19.4 Å². The molecule has 0 fully saturated rings. The zero-order valence-electron chi connectivity index (χ0n) is 26.7. The Balaban J connectivity index is 1.04. The van der Waals surface area contributed by atoms with Crippen LogP contribution in [-0.4, -0.2) is 50.3 Å². The second-order valence-corrected chi connectivity index (χ2v) is 13.8. The third kappa shape index (κ3) is 6.64. The molecule has 1 unspecified atom stereocenters. The van der Waals surface area contributed by atoms with Gasteiger partial charge in [0.1, 0.15) is 17.4 Å². The summed E-state index contributed by atoms with van der Waals surface area (Å²) in [6, 6.07) is 22.8. The molecule has 0 aliphatic carbocycles. The number of hydrogen-bond donors (Lipinski definition) is 4. The van der Waals surface area contributed by atoms with E-state index >= 15 is 0 Å². The first-order valence-electron chi connectivity index (χ1n) is 15.7. The summed E-state index contributed by atoms with van der Waals surface area (Å²) in [6.45, 7) is 3.35. The molecule has 1 atom stereocenters. The molecule has 50 heavy (non-hydrogen) atoms. The van der Waals surface area contributed by atoms with Crippen molar-refractivity contribution in [3.63, 3.8) is 0 Å². The Hall–Kier alpha value is -6.04. The van der Waals surface area contributed by atoms with Crippen LogP contribution in [0, 0.1) is 17.2 Å². The monoisotopic (exact) mass is 702 g/mol. The molecule has 250 valence electrons. The zero-order valence-corrected chi connectivity index (χ0v) is 28.3. The molecule has 3 aromatic carbocycles. The molecule has 0 saturated heterocycles. The topological polar surface area (TPSA) is 183 Å². The van der Waals surface area contributed by atoms with E-state index < -0.39 is 5.97 Å². The van der Waals surface area contributed by atoms with E-state index in [0.717, 1.165) is 26.9 Å². The zero-order chi connectivity index (χ0) is 34.8. The Labute approximate surface area is 294 Å². The van der Waals surface area contributed by atoms with Gasteiger partial charge in [-0.3, -0.25) is 15.2 Å². The largest absolute Gasteiger partial charge is 0.493 e. The highest BCUT2D eigenvalue weighted by atomic mass is 32.1. The molecule has 7 rings (SSSR count). The van der Waals surface area contributed by atoms with Crippen molar-refractivity contribution in [1.82, 2.24) is 20.2 Å². The number of carboxylic acids is 1. The Morgan fingerprint density at radius 3 is 2.82 bits per heavy atom. The number of carboxylic acid groups (broad SMARTS) is 1. The molecule has 0 spiro atoms. The molecule has 1 aliphatic rings. The molecule has 1 aliphatic heterocycles. The molecule has 12 nitrogen and oxygen atoms in total. The lowest BCUT2D eigenvalue weighted by molar-refractivity contribution is 0.0691. The van der Waals surface area contributed by atoms with Gasteiger partial charge < -0.3 is 20.5 Å². The predicted molar refractivity (Wildman–Crippen MR) is 195 cm³/mol. The number of hydrogen-bond acceptors (Lipinski definition) is 11. The summed E-state index contributed by atoms with van der Waals surface area (Å²) in [5.74, 6) is -0.681. The number of fused-ring (bicyclic) bond motifs is 2. The highest BCUT2D eigenvalue weighted by Gasteiger charge is 2.26. The number of para-hydroxylation sites is 1. The van der Waals surface area contributed by atoms with E-state index in [-0.39, 0.29) is 28.9 Å². The van der Waals surface area contributed by atoms with Crippen LogP contribution in [0.1, 0.15) is 49.3 Å². The molecule has 0 radical (unpaired) electrons. The molecule has 0 saturated carbocycles. The first-order chi connectivity index (χ1) is 24.3. The second kappa shape index (κ2) is 13.8. The summed E-state index contributed by atoms with van der Waals surface area (Å²) in [4.78, 5) is 37.3. The van der Waals surface area contributed by atoms with Gasteiger partial charge in [0, 0.05) is 30.1 Å². The number of carbonyl (C=O) groups excluding carboxylic acids is 1. The summed E-state index contributed by atoms with van der Waals surface area (Å²) >= 11 is 2.72. The number of nitrogens with two attached hydrogens (primary N) is 1. The number of H-pyrrole nitrogens is 1. The molecule has 1 amide bonds. The fourth-order valence-corrected chi connectivity index (χ4v) is 7.58. The van der Waals surface area contributed by atoms with Gasteiger partial charge in [-0.2, -0.15) is 10.4 Å². The number of rotatable bonds is 10. The first kappa shape index (κ1) is 32.5. The van der Waals surface area contributed by atoms with Gasteiger partial charge in [-0.25, -0.2) is 14.8 Å². The van der Waals surface area contributed by atoms with Crippen LogP contribution in [0.2, 0.25) is 0 Å². The van der Waals surface area contributed by atoms with Crippen molar-refractivity contribution in [2.45, 2.75) is 19.9 Å². The molecule has 4 heterocycles. The van der Waals surface area contributed by atoms with E-state index in [4.69, 9.17) is 10.5 Å². The van der Waals surface area contributed by atoms with Gasteiger partial charge in [0.05, 0.1) is 27.4 Å². The maximum atomic E-state index is 13.5. The number of ether oxygens (including phenoxy) is 1. The lowest BCUT2D eigenvalue weighted by atomic mass is 9.94. The number of aromatic carboxylic acids is 1. The number of nitrogen functional groups attached to an aromatic ring is 1. The van der Waals surface area contributed by atoms with Gasteiger partial charge in [-0.1, -0.05) is 72.1 Å². The van der Waals surface area contributed by atoms with Crippen LogP contribution >= 0.6 is 22.7 Å². The van der Waals surface area contributed by atoms with Crippen LogP contribution in [0.5, 0.6) is 5.75 Å². The maximum absolute atomic E-state index is 13.5. The van der Waals surface area contributed by atoms with E-state index in [1.165, 1.54) is 22.7 Å². The number of nitrogens with zero attached hydrogens (tertiary/aromatic N) is 5. The van der Waals surface area contributed by atoms with Crippen molar-refractivity contribution in [2.24, 2.45) is 5.92 Å². The lowest BCUT2D eigenvalue weighted by Gasteiger charge is -2.29. The number of benzene rings is 3. The van der Waals surface area contributed by atoms with Crippen LogP contribution in [0.4, 0.5) is 16.1 Å². The standard InChI is InChI=1S/C36H30N8O4S2/c1-20(19-48-23-8-4-7-22(16-23)30-25(17-37)32(38)43-42-30)12-13-29-31(34(46)47)40-36(50-29)44-15-14-21-6-5-9-24(26(21)18-44)33(45)41-35-39-27-10-2-3-11-28(27)49-35/h2-13,16,20H,14-15,18-19H2,1H3,(H,46,47)(H3,38,42,43)(H,39,41,45). The summed E-state index contributed by atoms with van der Waals surface area (Å²) in [7, 11) is 0. The Morgan fingerprint density at radius 1 is 1.16 bits per heavy atom. The van der Waals surface area contributed by atoms with Gasteiger partial charge in [-0.05, 0) is 54.0 Å². The van der Waals surface area contributed by atoms with E-state index in [1.54, 1.807) is 18.2 Å². The summed E-state index contributed by atoms with van der Waals surface area (Å²) in [6.07, 6.45) is 4.36. The van der Waals surface area contributed by atoms with Crippen molar-refractivity contribution in [3.8, 4) is 23.1 Å². The molecule has 3 aromatic heterocycles. The van der Waals surface area contributed by atoms with Crippen LogP contribution < -0.4 is 20.7 Å². The third-order valence-electron chi connectivity index (χ3n) is 8.27. The van der Waals surface area contributed by atoms with Crippen LogP contribution in [0.3, 0.4) is 0 Å². The van der Waals surface area contributed by atoms with Gasteiger partial charge in [0.25, 0.3) is 5.91 Å². The van der Waals surface area contributed by atoms with Gasteiger partial charge >= 0.3 is 5.97 Å². The fraction of sp³-hybridized carbons (Fsp3) is 0.167. The van der Waals surface area contributed by atoms with E-state index in [0.29, 0.717) is 58.3 Å². The minimum Gasteiger partial charge on any atom is -0.493 e. The SMILES string of the molecule is CC(C=Cc1sc(N2CCc3cccc(C(=O)Nc4nc5ccccc5s4)c3C2)nc1C(=O)O)COc1cccc(-c2[nH]nc(N)c2C#N)c1. The predicted octanol–water partition coefficient (Wildman–Crippen LogP) is 6.84. The van der Waals surface area contributed by atoms with Crippen LogP contribution in [-0.2, 0) is 13.0 Å². The number of nitrogens with one attached hydrogen (secondary N) is 2. The van der Waals surface area contributed by atoms with Gasteiger partial charge in [0.2, 0.25) is 0 Å². The van der Waals surface area contributed by atoms with Crippen molar-refractivity contribution in [2.75, 3.05) is 29.1 Å². The Morgan fingerprint density at radius 2 is 2.00 bits per heavy atom. The number of amides is 1. The normalized spacial score (nSPS) is 13.2. The van der Waals surface area contributed by atoms with Crippen LogP contribution in [0.15, 0.2) is 72.8 Å². The number of carbonyl (C=O) groups is 2. The molecule has 6 aromatic rings. The Kier molecular flexibility index (Phi) is 8.99. The molecule has 5 N–H and O–H groups in total. The highest BCUT2D eigenvalue weighted by molar-refractivity contribution is 7.22. The average Bonchev–Trinajstić information content (AvgIpc) is 3.85. The number of aromatic amines is 1. The van der Waals surface area contributed by atoms with Gasteiger partial charge in [0.15, 0.2) is 21.8 Å². The summed E-state index contributed by atoms with van der Waals surface area (Å²) in [5.41, 5.74) is 10.6. The number of nitriles is 1. The van der Waals surface area contributed by atoms with E-state index in [1.807, 2.05) is 72.5 Å². The van der Waals surface area contributed by atoms with Gasteiger partial charge in [-0.15, -0.1) is 0 Å². The molecule has 14 heteroatoms. The maximum Gasteiger partial charge on any atom is 0.356 e. The lowest BCUT2D eigenvalue weighted by Crippen LogP contribution is -2.32. The Bertz CT molecular complexity index is 2290. The molecule has 0 bridgehead atoms.